The molecular weight excluding hydrogens is 346 g/mol. The number of nitrogens with zero attached hydrogens (tertiary/aromatic N) is 5. The fourth-order valence-corrected chi connectivity index (χ4v) is 2.15. The van der Waals surface area contributed by atoms with Crippen LogP contribution in [0.1, 0.15) is 12.0 Å². The Morgan fingerprint density at radius 1 is 0.786 bits per heavy atom. The Morgan fingerprint density at radius 3 is 1.64 bits per heavy atom. The monoisotopic (exact) mass is 381 g/mol. The SMILES string of the molecule is C[N+]1=CCC=C1.C[n+]1ccccc1.Cc1cc[n+](C)cc1.Cn1cc[n+](C)c1. The first-order chi connectivity index (χ1) is 13.4. The number of rotatable bonds is 0. The summed E-state index contributed by atoms with van der Waals surface area (Å²) < 4.78 is 10.1. The Labute approximate surface area is 169 Å². The Hall–Kier alpha value is -3.08. The molecule has 0 saturated heterocycles. The van der Waals surface area contributed by atoms with Crippen molar-refractivity contribution in [2.45, 2.75) is 13.3 Å². The Balaban J connectivity index is 0.000000188. The van der Waals surface area contributed by atoms with Crippen molar-refractivity contribution in [3.8, 4) is 0 Å². The van der Waals surface area contributed by atoms with Gasteiger partial charge >= 0.3 is 0 Å². The molecule has 0 spiro atoms. The van der Waals surface area contributed by atoms with Crippen LogP contribution in [0, 0.1) is 6.92 Å². The molecule has 0 radical (unpaired) electrons. The number of imidazole rings is 1. The van der Waals surface area contributed by atoms with Gasteiger partial charge in [0.05, 0.1) is 14.1 Å². The maximum absolute atomic E-state index is 2.12. The predicted molar refractivity (Wildman–Crippen MR) is 113 cm³/mol. The summed E-state index contributed by atoms with van der Waals surface area (Å²) in [5.41, 5.74) is 1.31. The second-order valence-electron chi connectivity index (χ2n) is 6.79. The summed E-state index contributed by atoms with van der Waals surface area (Å²) in [4.78, 5) is 0. The van der Waals surface area contributed by atoms with E-state index in [1.807, 2.05) is 115 Å². The third-order valence-corrected chi connectivity index (χ3v) is 3.78. The van der Waals surface area contributed by atoms with E-state index in [1.54, 1.807) is 0 Å². The summed E-state index contributed by atoms with van der Waals surface area (Å²) in [5.74, 6) is 0. The molecule has 0 unspecified atom stereocenters. The quantitative estimate of drug-likeness (QED) is 0.529. The third-order valence-electron chi connectivity index (χ3n) is 3.78. The van der Waals surface area contributed by atoms with Crippen LogP contribution in [0.4, 0.5) is 0 Å². The lowest BCUT2D eigenvalue weighted by Crippen LogP contribution is -2.25. The van der Waals surface area contributed by atoms with Gasteiger partial charge in [0.1, 0.15) is 39.8 Å². The van der Waals surface area contributed by atoms with E-state index >= 15 is 0 Å². The summed E-state index contributed by atoms with van der Waals surface area (Å²) >= 11 is 0. The third kappa shape index (κ3) is 11.5. The van der Waals surface area contributed by atoms with Gasteiger partial charge in [-0.05, 0) is 18.6 Å². The van der Waals surface area contributed by atoms with Gasteiger partial charge in [-0.2, -0.15) is 0 Å². The van der Waals surface area contributed by atoms with Crippen LogP contribution in [-0.4, -0.2) is 22.4 Å². The number of aryl methyl sites for hydroxylation is 5. The Kier molecular flexibility index (Phi) is 10.8. The molecule has 0 amide bonds. The highest BCUT2D eigenvalue weighted by atomic mass is 15.1. The lowest BCUT2D eigenvalue weighted by atomic mass is 10.3. The minimum absolute atomic E-state index is 1.11. The smallest absolute Gasteiger partial charge is 0.240 e. The number of allylic oxidation sites excluding steroid dienone is 1. The van der Waals surface area contributed by atoms with Gasteiger partial charge in [-0.1, -0.05) is 6.07 Å². The summed E-state index contributed by atoms with van der Waals surface area (Å²) in [7, 11) is 10.0. The molecular formula is C23H35N5+4. The molecule has 4 rings (SSSR count). The highest BCUT2D eigenvalue weighted by Crippen LogP contribution is 1.87. The number of hydrogen-bond acceptors (Lipinski definition) is 0. The van der Waals surface area contributed by atoms with Crippen molar-refractivity contribution in [1.82, 2.24) is 4.57 Å². The molecule has 5 heteroatoms. The fraction of sp³-hybridized carbons (Fsp3) is 0.304. The molecule has 1 aliphatic rings. The average molecular weight is 382 g/mol. The van der Waals surface area contributed by atoms with Gasteiger partial charge in [0, 0.05) is 30.7 Å². The Morgan fingerprint density at radius 2 is 1.39 bits per heavy atom. The molecule has 3 aromatic heterocycles. The zero-order valence-electron chi connectivity index (χ0n) is 18.1. The summed E-state index contributed by atoms with van der Waals surface area (Å²) in [5, 5.41) is 0. The van der Waals surface area contributed by atoms with Gasteiger partial charge in [-0.25, -0.2) is 22.8 Å². The Bertz CT molecular complexity index is 806. The molecule has 0 bridgehead atoms. The first-order valence-corrected chi connectivity index (χ1v) is 9.38. The van der Waals surface area contributed by atoms with E-state index < -0.39 is 0 Å². The molecule has 5 nitrogen and oxygen atoms in total. The van der Waals surface area contributed by atoms with E-state index in [9.17, 15) is 0 Å². The van der Waals surface area contributed by atoms with Crippen LogP contribution in [0.15, 0.2) is 86.1 Å². The largest absolute Gasteiger partial charge is 0.243 e. The van der Waals surface area contributed by atoms with Crippen LogP contribution in [0.5, 0.6) is 0 Å². The van der Waals surface area contributed by atoms with Gasteiger partial charge in [0.25, 0.3) is 0 Å². The van der Waals surface area contributed by atoms with Gasteiger partial charge in [-0.3, -0.25) is 0 Å². The lowest BCUT2D eigenvalue weighted by Gasteiger charge is -1.85. The van der Waals surface area contributed by atoms with Crippen LogP contribution >= 0.6 is 0 Å². The topological polar surface area (TPSA) is 19.6 Å². The van der Waals surface area contributed by atoms with Crippen LogP contribution in [0.3, 0.4) is 0 Å². The van der Waals surface area contributed by atoms with E-state index in [0.717, 1.165) is 6.42 Å². The second kappa shape index (κ2) is 13.1. The minimum Gasteiger partial charge on any atom is -0.240 e. The molecule has 0 fully saturated rings. The van der Waals surface area contributed by atoms with Crippen molar-refractivity contribution in [3.63, 3.8) is 0 Å². The van der Waals surface area contributed by atoms with Crippen LogP contribution in [0.2, 0.25) is 0 Å². The highest BCUT2D eigenvalue weighted by Gasteiger charge is 1.92. The van der Waals surface area contributed by atoms with E-state index in [1.165, 1.54) is 5.56 Å². The zero-order valence-corrected chi connectivity index (χ0v) is 18.1. The maximum Gasteiger partial charge on any atom is 0.243 e. The van der Waals surface area contributed by atoms with E-state index in [4.69, 9.17) is 0 Å². The van der Waals surface area contributed by atoms with Crippen molar-refractivity contribution in [1.29, 1.82) is 0 Å². The molecule has 0 N–H and O–H groups in total. The number of hydrogen-bond donors (Lipinski definition) is 0. The van der Waals surface area contributed by atoms with E-state index in [-0.39, 0.29) is 0 Å². The molecule has 0 atom stereocenters. The fourth-order valence-electron chi connectivity index (χ4n) is 2.15. The van der Waals surface area contributed by atoms with Gasteiger partial charge in [0.15, 0.2) is 31.0 Å². The van der Waals surface area contributed by atoms with Crippen molar-refractivity contribution in [2.75, 3.05) is 7.05 Å². The molecule has 0 aliphatic carbocycles. The highest BCUT2D eigenvalue weighted by molar-refractivity contribution is 5.55. The number of aromatic nitrogens is 4. The normalized spacial score (nSPS) is 11.1. The first kappa shape index (κ1) is 23.0. The average Bonchev–Trinajstić information content (AvgIpc) is 3.30. The molecule has 3 aromatic rings. The zero-order chi connectivity index (χ0) is 20.8. The first-order valence-electron chi connectivity index (χ1n) is 9.38. The molecule has 0 saturated carbocycles. The molecule has 0 aromatic carbocycles. The van der Waals surface area contributed by atoms with E-state index in [2.05, 4.69) is 42.1 Å². The van der Waals surface area contributed by atoms with Crippen LogP contribution < -0.4 is 13.7 Å². The number of pyridine rings is 2. The molecule has 28 heavy (non-hydrogen) atoms. The van der Waals surface area contributed by atoms with Gasteiger partial charge < -0.3 is 0 Å². The molecule has 1 aliphatic heterocycles. The molecule has 4 heterocycles. The predicted octanol–water partition coefficient (Wildman–Crippen LogP) is 1.80. The second-order valence-corrected chi connectivity index (χ2v) is 6.79. The minimum atomic E-state index is 1.11. The summed E-state index contributed by atoms with van der Waals surface area (Å²) in [6.07, 6.45) is 21.5. The van der Waals surface area contributed by atoms with Gasteiger partial charge in [-0.15, -0.1) is 0 Å². The summed E-state index contributed by atoms with van der Waals surface area (Å²) in [6, 6.07) is 10.2. The van der Waals surface area contributed by atoms with Crippen molar-refractivity contribution < 1.29 is 18.3 Å². The van der Waals surface area contributed by atoms with E-state index in [0.29, 0.717) is 0 Å². The maximum atomic E-state index is 2.12. The van der Waals surface area contributed by atoms with Crippen molar-refractivity contribution in [3.05, 3.63) is 91.7 Å². The van der Waals surface area contributed by atoms with Crippen molar-refractivity contribution in [2.24, 2.45) is 28.2 Å². The lowest BCUT2D eigenvalue weighted by molar-refractivity contribution is -0.671. The standard InChI is InChI=1S/C7H10N.C6H8N.C5H9N2.C5H8N/c1-7-3-5-8(2)6-4-7;1-7-5-3-2-4-6-7;1-6-3-4-7(2)5-6;1-6-4-2-3-5-6/h3-6H,1-2H3;2-6H,1H3;3-5H,1-2H3;2,4-5H,3H2,1H3/q4*+1. The van der Waals surface area contributed by atoms with Crippen molar-refractivity contribution >= 4 is 6.21 Å². The van der Waals surface area contributed by atoms with Crippen LogP contribution in [-0.2, 0) is 28.2 Å². The summed E-state index contributed by atoms with van der Waals surface area (Å²) in [6.45, 7) is 2.08. The van der Waals surface area contributed by atoms with Crippen LogP contribution in [0.25, 0.3) is 0 Å². The molecule has 148 valence electrons. The van der Waals surface area contributed by atoms with Gasteiger partial charge in [0.2, 0.25) is 6.33 Å².